The van der Waals surface area contributed by atoms with E-state index in [0.717, 1.165) is 35.7 Å². The molecule has 0 spiro atoms. The van der Waals surface area contributed by atoms with Gasteiger partial charge in [0.25, 0.3) is 0 Å². The van der Waals surface area contributed by atoms with E-state index in [4.69, 9.17) is 0 Å². The Hall–Kier alpha value is -0.350. The highest BCUT2D eigenvalue weighted by atomic mass is 79.9. The lowest BCUT2D eigenvalue weighted by Gasteiger charge is -2.05. The van der Waals surface area contributed by atoms with Crippen molar-refractivity contribution in [1.82, 2.24) is 15.1 Å². The van der Waals surface area contributed by atoms with Gasteiger partial charge in [-0.1, -0.05) is 0 Å². The minimum atomic E-state index is 0.817. The summed E-state index contributed by atoms with van der Waals surface area (Å²) in [5.74, 6) is 0. The van der Waals surface area contributed by atoms with E-state index in [2.05, 4.69) is 38.0 Å². The first-order chi connectivity index (χ1) is 7.18. The maximum atomic E-state index is 4.48. The van der Waals surface area contributed by atoms with Crippen LogP contribution in [0.1, 0.15) is 30.7 Å². The second-order valence-electron chi connectivity index (χ2n) is 4.29. The van der Waals surface area contributed by atoms with Gasteiger partial charge in [-0.25, -0.2) is 0 Å². The zero-order valence-corrected chi connectivity index (χ0v) is 11.0. The molecule has 3 nitrogen and oxygen atoms in total. The third-order valence-corrected chi connectivity index (χ3v) is 4.00. The molecule has 0 bridgehead atoms. The molecule has 1 heterocycles. The highest BCUT2D eigenvalue weighted by Crippen LogP contribution is 2.20. The molecule has 0 atom stereocenters. The van der Waals surface area contributed by atoms with E-state index in [1.54, 1.807) is 0 Å². The average Bonchev–Trinajstić information content (AvgIpc) is 3.00. The topological polar surface area (TPSA) is 29.9 Å². The van der Waals surface area contributed by atoms with E-state index in [-0.39, 0.29) is 0 Å². The van der Waals surface area contributed by atoms with E-state index >= 15 is 0 Å². The van der Waals surface area contributed by atoms with E-state index in [1.165, 1.54) is 18.5 Å². The summed E-state index contributed by atoms with van der Waals surface area (Å²) in [6, 6.07) is 0.817. The van der Waals surface area contributed by atoms with Gasteiger partial charge in [0.15, 0.2) is 0 Å². The number of rotatable bonds is 5. The molecule has 1 fully saturated rings. The van der Waals surface area contributed by atoms with Crippen molar-refractivity contribution in [3.63, 3.8) is 0 Å². The Kier molecular flexibility index (Phi) is 3.46. The minimum Gasteiger partial charge on any atom is -0.314 e. The van der Waals surface area contributed by atoms with Crippen molar-refractivity contribution >= 4 is 15.9 Å². The van der Waals surface area contributed by atoms with Gasteiger partial charge in [0, 0.05) is 18.3 Å². The number of halogens is 1. The largest absolute Gasteiger partial charge is 0.314 e. The maximum Gasteiger partial charge on any atom is 0.0738 e. The summed E-state index contributed by atoms with van der Waals surface area (Å²) in [6.07, 6.45) is 3.89. The van der Waals surface area contributed by atoms with Crippen molar-refractivity contribution in [1.29, 1.82) is 0 Å². The van der Waals surface area contributed by atoms with Gasteiger partial charge in [0.05, 0.1) is 10.2 Å². The van der Waals surface area contributed by atoms with Crippen LogP contribution in [0.2, 0.25) is 0 Å². The quantitative estimate of drug-likeness (QED) is 0.834. The lowest BCUT2D eigenvalue weighted by molar-refractivity contribution is 0.531. The number of aryl methyl sites for hydroxylation is 2. The molecule has 1 saturated carbocycles. The molecule has 1 aliphatic carbocycles. The third-order valence-electron chi connectivity index (χ3n) is 2.85. The molecule has 0 aliphatic heterocycles. The Morgan fingerprint density at radius 3 is 2.73 bits per heavy atom. The van der Waals surface area contributed by atoms with Crippen LogP contribution in [0.25, 0.3) is 0 Å². The second-order valence-corrected chi connectivity index (χ2v) is 5.08. The van der Waals surface area contributed by atoms with Crippen LogP contribution < -0.4 is 5.32 Å². The zero-order chi connectivity index (χ0) is 10.8. The molecule has 0 radical (unpaired) electrons. The van der Waals surface area contributed by atoms with E-state index in [1.807, 2.05) is 6.92 Å². The normalized spacial score (nSPS) is 15.9. The zero-order valence-electron chi connectivity index (χ0n) is 9.39. The number of hydrogen-bond donors (Lipinski definition) is 1. The molecule has 0 aromatic carbocycles. The van der Waals surface area contributed by atoms with Crippen molar-refractivity contribution < 1.29 is 0 Å². The summed E-state index contributed by atoms with van der Waals surface area (Å²) in [7, 11) is 0. The fourth-order valence-corrected chi connectivity index (χ4v) is 2.00. The lowest BCUT2D eigenvalue weighted by Crippen LogP contribution is -2.19. The first-order valence-electron chi connectivity index (χ1n) is 5.61. The summed E-state index contributed by atoms with van der Waals surface area (Å²) in [5.41, 5.74) is 2.32. The standard InChI is InChI=1S/C11H18BrN3/c1-8-11(12)9(2)15(14-8)7-3-6-13-10-4-5-10/h10,13H,3-7H2,1-2H3. The van der Waals surface area contributed by atoms with Gasteiger partial charge in [-0.15, -0.1) is 0 Å². The van der Waals surface area contributed by atoms with Crippen LogP contribution in [-0.2, 0) is 6.54 Å². The van der Waals surface area contributed by atoms with Crippen LogP contribution in [-0.4, -0.2) is 22.4 Å². The average molecular weight is 272 g/mol. The molecule has 1 aromatic heterocycles. The minimum absolute atomic E-state index is 0.817. The summed E-state index contributed by atoms with van der Waals surface area (Å²) >= 11 is 3.54. The van der Waals surface area contributed by atoms with Crippen LogP contribution in [0.5, 0.6) is 0 Å². The number of hydrogen-bond acceptors (Lipinski definition) is 2. The van der Waals surface area contributed by atoms with Crippen LogP contribution in [0.3, 0.4) is 0 Å². The molecular formula is C11H18BrN3. The highest BCUT2D eigenvalue weighted by Gasteiger charge is 2.19. The van der Waals surface area contributed by atoms with Crippen LogP contribution in [0, 0.1) is 13.8 Å². The van der Waals surface area contributed by atoms with Crippen molar-refractivity contribution in [3.8, 4) is 0 Å². The number of aromatic nitrogens is 2. The van der Waals surface area contributed by atoms with E-state index in [9.17, 15) is 0 Å². The Morgan fingerprint density at radius 1 is 1.47 bits per heavy atom. The van der Waals surface area contributed by atoms with Gasteiger partial charge >= 0.3 is 0 Å². The summed E-state index contributed by atoms with van der Waals surface area (Å²) < 4.78 is 3.24. The fraction of sp³-hybridized carbons (Fsp3) is 0.727. The number of nitrogens with zero attached hydrogens (tertiary/aromatic N) is 2. The van der Waals surface area contributed by atoms with Gasteiger partial charge in [-0.2, -0.15) is 5.10 Å². The van der Waals surface area contributed by atoms with Crippen molar-refractivity contribution in [2.75, 3.05) is 6.54 Å². The lowest BCUT2D eigenvalue weighted by atomic mass is 10.4. The SMILES string of the molecule is Cc1nn(CCCNC2CC2)c(C)c1Br. The molecule has 0 amide bonds. The molecule has 84 valence electrons. The first-order valence-corrected chi connectivity index (χ1v) is 6.40. The second kappa shape index (κ2) is 4.66. The molecule has 0 saturated heterocycles. The van der Waals surface area contributed by atoms with Crippen LogP contribution >= 0.6 is 15.9 Å². The predicted molar refractivity (Wildman–Crippen MR) is 65.0 cm³/mol. The first kappa shape index (κ1) is 11.1. The van der Waals surface area contributed by atoms with Crippen molar-refractivity contribution in [2.45, 2.75) is 45.7 Å². The molecule has 15 heavy (non-hydrogen) atoms. The molecule has 0 unspecified atom stereocenters. The van der Waals surface area contributed by atoms with Gasteiger partial charge in [-0.05, 0) is 55.6 Å². The Morgan fingerprint density at radius 2 is 2.20 bits per heavy atom. The number of nitrogens with one attached hydrogen (secondary N) is 1. The molecule has 1 N–H and O–H groups in total. The Balaban J connectivity index is 1.79. The smallest absolute Gasteiger partial charge is 0.0738 e. The van der Waals surface area contributed by atoms with Gasteiger partial charge in [0.1, 0.15) is 0 Å². The molecule has 1 aliphatic rings. The Labute approximate surface area is 99.4 Å². The van der Waals surface area contributed by atoms with E-state index < -0.39 is 0 Å². The van der Waals surface area contributed by atoms with Gasteiger partial charge in [-0.3, -0.25) is 4.68 Å². The fourth-order valence-electron chi connectivity index (χ4n) is 1.72. The predicted octanol–water partition coefficient (Wildman–Crippen LogP) is 2.40. The summed E-state index contributed by atoms with van der Waals surface area (Å²) in [4.78, 5) is 0. The van der Waals surface area contributed by atoms with Crippen LogP contribution in [0.15, 0.2) is 4.47 Å². The van der Waals surface area contributed by atoms with Crippen LogP contribution in [0.4, 0.5) is 0 Å². The third kappa shape index (κ3) is 2.82. The van der Waals surface area contributed by atoms with Gasteiger partial charge < -0.3 is 5.32 Å². The molecule has 2 rings (SSSR count). The maximum absolute atomic E-state index is 4.48. The summed E-state index contributed by atoms with van der Waals surface area (Å²) in [5, 5.41) is 8.00. The summed E-state index contributed by atoms with van der Waals surface area (Å²) in [6.45, 7) is 6.27. The van der Waals surface area contributed by atoms with E-state index in [0.29, 0.717) is 0 Å². The van der Waals surface area contributed by atoms with Gasteiger partial charge in [0.2, 0.25) is 0 Å². The Bertz CT molecular complexity index is 342. The van der Waals surface area contributed by atoms with Crippen molar-refractivity contribution in [3.05, 3.63) is 15.9 Å². The molecular weight excluding hydrogens is 254 g/mol. The monoisotopic (exact) mass is 271 g/mol. The molecule has 1 aromatic rings. The highest BCUT2D eigenvalue weighted by molar-refractivity contribution is 9.10. The molecule has 4 heteroatoms. The van der Waals surface area contributed by atoms with Crippen molar-refractivity contribution in [2.24, 2.45) is 0 Å².